The maximum atomic E-state index is 12.6. The van der Waals surface area contributed by atoms with E-state index in [-0.39, 0.29) is 5.91 Å². The number of rotatable bonds is 9. The van der Waals surface area contributed by atoms with Crippen LogP contribution < -0.4 is 20.3 Å². The number of amides is 1. The molecule has 4 rings (SSSR count). The Morgan fingerprint density at radius 2 is 1.73 bits per heavy atom. The highest BCUT2D eigenvalue weighted by Gasteiger charge is 2.23. The molecule has 2 aliphatic rings. The van der Waals surface area contributed by atoms with E-state index in [4.69, 9.17) is 4.74 Å². The van der Waals surface area contributed by atoms with Gasteiger partial charge in [0.25, 0.3) is 5.91 Å². The van der Waals surface area contributed by atoms with Crippen LogP contribution in [-0.2, 0) is 0 Å². The van der Waals surface area contributed by atoms with Crippen LogP contribution in [0, 0.1) is 11.8 Å². The van der Waals surface area contributed by atoms with E-state index in [1.54, 1.807) is 0 Å². The third kappa shape index (κ3) is 6.97. The van der Waals surface area contributed by atoms with Gasteiger partial charge in [-0.25, -0.2) is 0 Å². The summed E-state index contributed by atoms with van der Waals surface area (Å²) in [5.74, 6) is 2.03. The first-order valence-electron chi connectivity index (χ1n) is 12.7. The number of carbonyl (C=O) groups excluding carboxylic acids is 1. The molecule has 1 aliphatic carbocycles. The number of benzene rings is 2. The van der Waals surface area contributed by atoms with Crippen LogP contribution in [0.15, 0.2) is 48.5 Å². The van der Waals surface area contributed by atoms with Crippen LogP contribution in [0.5, 0.6) is 5.75 Å². The second kappa shape index (κ2) is 11.6. The fourth-order valence-corrected chi connectivity index (χ4v) is 4.81. The molecule has 1 saturated carbocycles. The van der Waals surface area contributed by atoms with Crippen molar-refractivity contribution in [3.8, 4) is 5.75 Å². The highest BCUT2D eigenvalue weighted by atomic mass is 16.5. The number of nitrogens with zero attached hydrogens (tertiary/aromatic N) is 1. The van der Waals surface area contributed by atoms with Crippen molar-refractivity contribution < 1.29 is 9.53 Å². The van der Waals surface area contributed by atoms with Crippen molar-refractivity contribution in [2.45, 2.75) is 58.4 Å². The molecular formula is C28H39N3O2. The van der Waals surface area contributed by atoms with Crippen molar-refractivity contribution >= 4 is 17.3 Å². The minimum atomic E-state index is -0.105. The Morgan fingerprint density at radius 3 is 2.42 bits per heavy atom. The molecule has 0 radical (unpaired) electrons. The van der Waals surface area contributed by atoms with Gasteiger partial charge in [-0.2, -0.15) is 0 Å². The highest BCUT2D eigenvalue weighted by Crippen LogP contribution is 2.25. The Kier molecular flexibility index (Phi) is 8.27. The molecule has 2 N–H and O–H groups in total. The molecule has 0 bridgehead atoms. The minimum absolute atomic E-state index is 0.105. The Bertz CT molecular complexity index is 873. The standard InChI is InChI=1S/C28H39N3O2/c1-21(2)20-33-27-14-8-23(9-15-27)28(32)30-24-10-12-26(13-11-24)31-17-16-25(19-31)29-18-22-6-4-3-5-7-22/h8-15,21-22,25,29H,3-7,16-20H2,1-2H3,(H,30,32). The molecule has 1 unspecified atom stereocenters. The summed E-state index contributed by atoms with van der Waals surface area (Å²) in [6.45, 7) is 8.22. The molecule has 1 saturated heterocycles. The van der Waals surface area contributed by atoms with Gasteiger partial charge in [0.2, 0.25) is 0 Å². The maximum Gasteiger partial charge on any atom is 0.255 e. The van der Waals surface area contributed by atoms with Gasteiger partial charge in [0.05, 0.1) is 6.61 Å². The lowest BCUT2D eigenvalue weighted by atomic mass is 9.89. The summed E-state index contributed by atoms with van der Waals surface area (Å²) >= 11 is 0. The summed E-state index contributed by atoms with van der Waals surface area (Å²) in [7, 11) is 0. The summed E-state index contributed by atoms with van der Waals surface area (Å²) in [5.41, 5.74) is 2.67. The highest BCUT2D eigenvalue weighted by molar-refractivity contribution is 6.04. The molecule has 2 aromatic carbocycles. The molecule has 1 aliphatic heterocycles. The molecule has 1 atom stereocenters. The SMILES string of the molecule is CC(C)COc1ccc(C(=O)Nc2ccc(N3CCC(NCC4CCCCC4)C3)cc2)cc1. The van der Waals surface area contributed by atoms with Crippen molar-refractivity contribution in [3.63, 3.8) is 0 Å². The molecule has 178 valence electrons. The predicted octanol–water partition coefficient (Wildman–Crippen LogP) is 5.72. The van der Waals surface area contributed by atoms with Gasteiger partial charge < -0.3 is 20.3 Å². The minimum Gasteiger partial charge on any atom is -0.493 e. The third-order valence-electron chi connectivity index (χ3n) is 6.80. The molecule has 1 amide bonds. The third-order valence-corrected chi connectivity index (χ3v) is 6.80. The number of nitrogens with one attached hydrogen (secondary N) is 2. The first-order valence-corrected chi connectivity index (χ1v) is 12.7. The molecule has 5 heteroatoms. The van der Waals surface area contributed by atoms with Crippen LogP contribution >= 0.6 is 0 Å². The zero-order valence-electron chi connectivity index (χ0n) is 20.2. The smallest absolute Gasteiger partial charge is 0.255 e. The fraction of sp³-hybridized carbons (Fsp3) is 0.536. The quantitative estimate of drug-likeness (QED) is 0.514. The van der Waals surface area contributed by atoms with Crippen molar-refractivity contribution in [1.29, 1.82) is 0 Å². The zero-order valence-corrected chi connectivity index (χ0v) is 20.2. The maximum absolute atomic E-state index is 12.6. The van der Waals surface area contributed by atoms with Gasteiger partial charge >= 0.3 is 0 Å². The van der Waals surface area contributed by atoms with Crippen LogP contribution in [0.25, 0.3) is 0 Å². The van der Waals surface area contributed by atoms with Crippen molar-refractivity contribution in [3.05, 3.63) is 54.1 Å². The summed E-state index contributed by atoms with van der Waals surface area (Å²) in [4.78, 5) is 15.1. The van der Waals surface area contributed by atoms with Gasteiger partial charge in [0.1, 0.15) is 5.75 Å². The van der Waals surface area contributed by atoms with E-state index in [2.05, 4.69) is 41.5 Å². The van der Waals surface area contributed by atoms with E-state index >= 15 is 0 Å². The van der Waals surface area contributed by atoms with E-state index in [9.17, 15) is 4.79 Å². The normalized spacial score (nSPS) is 19.1. The lowest BCUT2D eigenvalue weighted by molar-refractivity contribution is 0.102. The first-order chi connectivity index (χ1) is 16.1. The van der Waals surface area contributed by atoms with Gasteiger partial charge in [-0.3, -0.25) is 4.79 Å². The number of ether oxygens (including phenoxy) is 1. The van der Waals surface area contributed by atoms with E-state index in [0.717, 1.165) is 30.4 Å². The van der Waals surface area contributed by atoms with Gasteiger partial charge in [-0.15, -0.1) is 0 Å². The Balaban J connectivity index is 1.24. The number of carbonyl (C=O) groups is 1. The van der Waals surface area contributed by atoms with E-state index in [0.29, 0.717) is 24.1 Å². The second-order valence-electron chi connectivity index (χ2n) is 10.1. The molecule has 2 fully saturated rings. The van der Waals surface area contributed by atoms with Gasteiger partial charge in [0.15, 0.2) is 0 Å². The van der Waals surface area contributed by atoms with E-state index in [1.807, 2.05) is 36.4 Å². The number of hydrogen-bond acceptors (Lipinski definition) is 4. The fourth-order valence-electron chi connectivity index (χ4n) is 4.81. The van der Waals surface area contributed by atoms with Crippen molar-refractivity contribution in [2.24, 2.45) is 11.8 Å². The molecule has 33 heavy (non-hydrogen) atoms. The monoisotopic (exact) mass is 449 g/mol. The van der Waals surface area contributed by atoms with Crippen LogP contribution in [0.2, 0.25) is 0 Å². The van der Waals surface area contributed by atoms with E-state index in [1.165, 1.54) is 50.8 Å². The van der Waals surface area contributed by atoms with Crippen molar-refractivity contribution in [1.82, 2.24) is 5.32 Å². The van der Waals surface area contributed by atoms with Gasteiger partial charge in [0, 0.05) is 36.1 Å². The predicted molar refractivity (Wildman–Crippen MR) is 136 cm³/mol. The van der Waals surface area contributed by atoms with Crippen LogP contribution in [0.4, 0.5) is 11.4 Å². The van der Waals surface area contributed by atoms with Crippen LogP contribution in [-0.4, -0.2) is 38.2 Å². The molecule has 0 aromatic heterocycles. The van der Waals surface area contributed by atoms with E-state index < -0.39 is 0 Å². The largest absolute Gasteiger partial charge is 0.493 e. The average Bonchev–Trinajstić information content (AvgIpc) is 3.32. The average molecular weight is 450 g/mol. The Labute approximate surface area is 198 Å². The first kappa shape index (κ1) is 23.6. The molecule has 5 nitrogen and oxygen atoms in total. The van der Waals surface area contributed by atoms with Gasteiger partial charge in [-0.05, 0) is 86.2 Å². The topological polar surface area (TPSA) is 53.6 Å². The lowest BCUT2D eigenvalue weighted by Gasteiger charge is -2.24. The van der Waals surface area contributed by atoms with Gasteiger partial charge in [-0.1, -0.05) is 33.1 Å². The molecule has 0 spiro atoms. The summed E-state index contributed by atoms with van der Waals surface area (Å²) in [5, 5.41) is 6.82. The molecule has 2 aromatic rings. The van der Waals surface area contributed by atoms with Crippen LogP contribution in [0.3, 0.4) is 0 Å². The summed E-state index contributed by atoms with van der Waals surface area (Å²) in [6, 6.07) is 16.1. The summed E-state index contributed by atoms with van der Waals surface area (Å²) in [6.07, 6.45) is 8.22. The zero-order chi connectivity index (χ0) is 23.0. The van der Waals surface area contributed by atoms with Crippen LogP contribution in [0.1, 0.15) is 62.7 Å². The summed E-state index contributed by atoms with van der Waals surface area (Å²) < 4.78 is 5.70. The number of hydrogen-bond donors (Lipinski definition) is 2. The number of anilines is 2. The molecular weight excluding hydrogens is 410 g/mol. The van der Waals surface area contributed by atoms with Crippen molar-refractivity contribution in [2.75, 3.05) is 36.5 Å². The lowest BCUT2D eigenvalue weighted by Crippen LogP contribution is -2.36. The second-order valence-corrected chi connectivity index (χ2v) is 10.1. The Morgan fingerprint density at radius 1 is 1.00 bits per heavy atom. The Hall–Kier alpha value is -2.53. The molecule has 1 heterocycles.